The van der Waals surface area contributed by atoms with Crippen molar-refractivity contribution in [2.45, 2.75) is 6.54 Å². The SMILES string of the molecule is Clc1cc2c(cn1)cnn2Cc1ccccc1. The van der Waals surface area contributed by atoms with E-state index in [-0.39, 0.29) is 0 Å². The fourth-order valence-electron chi connectivity index (χ4n) is 1.83. The molecule has 0 spiro atoms. The number of benzene rings is 1. The molecule has 0 N–H and O–H groups in total. The number of fused-ring (bicyclic) bond motifs is 1. The van der Waals surface area contributed by atoms with Gasteiger partial charge in [-0.25, -0.2) is 4.98 Å². The van der Waals surface area contributed by atoms with E-state index in [1.165, 1.54) is 5.56 Å². The fourth-order valence-corrected chi connectivity index (χ4v) is 1.98. The molecule has 0 amide bonds. The minimum absolute atomic E-state index is 0.493. The average molecular weight is 244 g/mol. The number of rotatable bonds is 2. The zero-order valence-electron chi connectivity index (χ0n) is 9.05. The summed E-state index contributed by atoms with van der Waals surface area (Å²) in [5, 5.41) is 5.85. The van der Waals surface area contributed by atoms with Gasteiger partial charge in [-0.05, 0) is 5.56 Å². The molecule has 0 unspecified atom stereocenters. The molecule has 0 aliphatic carbocycles. The maximum atomic E-state index is 5.90. The Bertz CT molecular complexity index is 646. The van der Waals surface area contributed by atoms with E-state index < -0.39 is 0 Å². The smallest absolute Gasteiger partial charge is 0.131 e. The van der Waals surface area contributed by atoms with E-state index in [1.54, 1.807) is 6.20 Å². The van der Waals surface area contributed by atoms with Gasteiger partial charge in [0.1, 0.15) is 5.15 Å². The van der Waals surface area contributed by atoms with Crippen molar-refractivity contribution in [3.8, 4) is 0 Å². The highest BCUT2D eigenvalue weighted by molar-refractivity contribution is 6.29. The van der Waals surface area contributed by atoms with Gasteiger partial charge >= 0.3 is 0 Å². The van der Waals surface area contributed by atoms with Crippen LogP contribution in [0.5, 0.6) is 0 Å². The van der Waals surface area contributed by atoms with Gasteiger partial charge in [0.25, 0.3) is 0 Å². The molecule has 0 atom stereocenters. The lowest BCUT2D eigenvalue weighted by Gasteiger charge is -2.03. The first-order chi connectivity index (χ1) is 8.33. The van der Waals surface area contributed by atoms with Crippen LogP contribution in [0.4, 0.5) is 0 Å². The minimum Gasteiger partial charge on any atom is -0.260 e. The van der Waals surface area contributed by atoms with Gasteiger partial charge in [-0.2, -0.15) is 5.10 Å². The Hall–Kier alpha value is -1.87. The van der Waals surface area contributed by atoms with E-state index in [1.807, 2.05) is 35.1 Å². The van der Waals surface area contributed by atoms with Gasteiger partial charge in [-0.3, -0.25) is 4.68 Å². The van der Waals surface area contributed by atoms with E-state index in [0.717, 1.165) is 17.4 Å². The molecule has 3 nitrogen and oxygen atoms in total. The zero-order valence-corrected chi connectivity index (χ0v) is 9.80. The molecule has 0 aliphatic rings. The van der Waals surface area contributed by atoms with Crippen LogP contribution in [-0.4, -0.2) is 14.8 Å². The van der Waals surface area contributed by atoms with Crippen molar-refractivity contribution in [3.63, 3.8) is 0 Å². The molecule has 2 aromatic heterocycles. The van der Waals surface area contributed by atoms with Crippen LogP contribution in [0.1, 0.15) is 5.56 Å². The topological polar surface area (TPSA) is 30.7 Å². The molecule has 17 heavy (non-hydrogen) atoms. The second-order valence-electron chi connectivity index (χ2n) is 3.85. The second kappa shape index (κ2) is 4.18. The van der Waals surface area contributed by atoms with Crippen molar-refractivity contribution in [1.82, 2.24) is 14.8 Å². The molecule has 0 radical (unpaired) electrons. The Morgan fingerprint density at radius 3 is 2.76 bits per heavy atom. The van der Waals surface area contributed by atoms with Crippen molar-refractivity contribution in [2.75, 3.05) is 0 Å². The van der Waals surface area contributed by atoms with Crippen LogP contribution in [-0.2, 0) is 6.54 Å². The Morgan fingerprint density at radius 2 is 1.94 bits per heavy atom. The van der Waals surface area contributed by atoms with Crippen LogP contribution >= 0.6 is 11.6 Å². The van der Waals surface area contributed by atoms with E-state index in [9.17, 15) is 0 Å². The lowest BCUT2D eigenvalue weighted by molar-refractivity contribution is 0.712. The number of aromatic nitrogens is 3. The fraction of sp³-hybridized carbons (Fsp3) is 0.0769. The first-order valence-corrected chi connectivity index (χ1v) is 5.72. The summed E-state index contributed by atoms with van der Waals surface area (Å²) in [6.45, 7) is 0.741. The molecule has 1 aromatic carbocycles. The van der Waals surface area contributed by atoms with Crippen LogP contribution in [0.3, 0.4) is 0 Å². The number of hydrogen-bond donors (Lipinski definition) is 0. The quantitative estimate of drug-likeness (QED) is 0.648. The van der Waals surface area contributed by atoms with Crippen molar-refractivity contribution in [3.05, 3.63) is 59.5 Å². The number of hydrogen-bond acceptors (Lipinski definition) is 2. The summed E-state index contributed by atoms with van der Waals surface area (Å²) in [7, 11) is 0. The monoisotopic (exact) mass is 243 g/mol. The van der Waals surface area contributed by atoms with Crippen LogP contribution in [0, 0.1) is 0 Å². The molecule has 0 saturated carbocycles. The van der Waals surface area contributed by atoms with E-state index >= 15 is 0 Å². The van der Waals surface area contributed by atoms with Crippen molar-refractivity contribution >= 4 is 22.5 Å². The predicted octanol–water partition coefficient (Wildman–Crippen LogP) is 3.13. The summed E-state index contributed by atoms with van der Waals surface area (Å²) >= 11 is 5.90. The Kier molecular flexibility index (Phi) is 2.53. The average Bonchev–Trinajstić information content (AvgIpc) is 2.73. The molecule has 0 aliphatic heterocycles. The standard InChI is InChI=1S/C13H10ClN3/c14-13-6-12-11(7-15-13)8-16-17(12)9-10-4-2-1-3-5-10/h1-8H,9H2. The van der Waals surface area contributed by atoms with Gasteiger partial charge in [-0.15, -0.1) is 0 Å². The first kappa shape index (κ1) is 10.3. The third-order valence-electron chi connectivity index (χ3n) is 2.67. The van der Waals surface area contributed by atoms with E-state index in [2.05, 4.69) is 22.2 Å². The molecule has 3 aromatic rings. The summed E-state index contributed by atoms with van der Waals surface area (Å²) in [4.78, 5) is 4.04. The molecular weight excluding hydrogens is 234 g/mol. The summed E-state index contributed by atoms with van der Waals surface area (Å²) in [5.74, 6) is 0. The molecule has 4 heteroatoms. The largest absolute Gasteiger partial charge is 0.260 e. The van der Waals surface area contributed by atoms with Gasteiger partial charge in [0.05, 0.1) is 18.3 Å². The number of pyridine rings is 1. The van der Waals surface area contributed by atoms with Crippen molar-refractivity contribution in [1.29, 1.82) is 0 Å². The molecule has 3 rings (SSSR count). The van der Waals surface area contributed by atoms with E-state index in [0.29, 0.717) is 5.15 Å². The molecule has 0 fully saturated rings. The van der Waals surface area contributed by atoms with Crippen LogP contribution in [0.15, 0.2) is 48.8 Å². The van der Waals surface area contributed by atoms with Crippen LogP contribution in [0.2, 0.25) is 5.15 Å². The van der Waals surface area contributed by atoms with Gasteiger partial charge in [0.2, 0.25) is 0 Å². The summed E-state index contributed by atoms with van der Waals surface area (Å²) in [5.41, 5.74) is 2.22. The van der Waals surface area contributed by atoms with Gasteiger partial charge in [-0.1, -0.05) is 41.9 Å². The Balaban J connectivity index is 2.03. The minimum atomic E-state index is 0.493. The third kappa shape index (κ3) is 2.01. The van der Waals surface area contributed by atoms with Crippen LogP contribution in [0.25, 0.3) is 10.9 Å². The van der Waals surface area contributed by atoms with Gasteiger partial charge in [0.15, 0.2) is 0 Å². The normalized spacial score (nSPS) is 10.9. The molecule has 0 bridgehead atoms. The van der Waals surface area contributed by atoms with Gasteiger partial charge in [0, 0.05) is 17.6 Å². The predicted molar refractivity (Wildman–Crippen MR) is 68.1 cm³/mol. The number of nitrogens with zero attached hydrogens (tertiary/aromatic N) is 3. The zero-order chi connectivity index (χ0) is 11.7. The van der Waals surface area contributed by atoms with Crippen LogP contribution < -0.4 is 0 Å². The molecule has 2 heterocycles. The lowest BCUT2D eigenvalue weighted by Crippen LogP contribution is -2.00. The summed E-state index contributed by atoms with van der Waals surface area (Å²) in [6, 6.07) is 12.1. The molecule has 0 saturated heterocycles. The van der Waals surface area contributed by atoms with E-state index in [4.69, 9.17) is 11.6 Å². The molecular formula is C13H10ClN3. The Morgan fingerprint density at radius 1 is 1.12 bits per heavy atom. The highest BCUT2D eigenvalue weighted by atomic mass is 35.5. The lowest BCUT2D eigenvalue weighted by atomic mass is 10.2. The van der Waals surface area contributed by atoms with Crippen molar-refractivity contribution < 1.29 is 0 Å². The summed E-state index contributed by atoms with van der Waals surface area (Å²) < 4.78 is 1.93. The highest BCUT2D eigenvalue weighted by Gasteiger charge is 2.04. The maximum Gasteiger partial charge on any atom is 0.131 e. The third-order valence-corrected chi connectivity index (χ3v) is 2.87. The maximum absolute atomic E-state index is 5.90. The van der Waals surface area contributed by atoms with Gasteiger partial charge < -0.3 is 0 Å². The second-order valence-corrected chi connectivity index (χ2v) is 4.24. The Labute approximate surface area is 104 Å². The molecule has 84 valence electrons. The highest BCUT2D eigenvalue weighted by Crippen LogP contribution is 2.17. The summed E-state index contributed by atoms with van der Waals surface area (Å²) in [6.07, 6.45) is 3.55. The van der Waals surface area contributed by atoms with Crippen molar-refractivity contribution in [2.24, 2.45) is 0 Å². The first-order valence-electron chi connectivity index (χ1n) is 5.34. The number of halogens is 1.